The second kappa shape index (κ2) is 5.39. The lowest BCUT2D eigenvalue weighted by atomic mass is 9.89. The van der Waals surface area contributed by atoms with Gasteiger partial charge in [-0.15, -0.1) is 5.10 Å². The van der Waals surface area contributed by atoms with Crippen LogP contribution in [0.25, 0.3) is 0 Å². The highest BCUT2D eigenvalue weighted by Crippen LogP contribution is 2.30. The van der Waals surface area contributed by atoms with E-state index in [2.05, 4.69) is 61.5 Å². The molecule has 0 radical (unpaired) electrons. The van der Waals surface area contributed by atoms with Crippen LogP contribution in [-0.4, -0.2) is 9.59 Å². The van der Waals surface area contributed by atoms with Crippen molar-refractivity contribution in [3.63, 3.8) is 0 Å². The molecule has 0 aliphatic carbocycles. The maximum Gasteiger partial charge on any atom is 0.0857 e. The monoisotopic (exact) mass is 275 g/mol. The van der Waals surface area contributed by atoms with Crippen LogP contribution in [0.15, 0.2) is 24.3 Å². The summed E-state index contributed by atoms with van der Waals surface area (Å²) in [6.07, 6.45) is 0.827. The number of rotatable bonds is 3. The molecular formula is C15H21N3S. The lowest BCUT2D eigenvalue weighted by Crippen LogP contribution is -2.20. The van der Waals surface area contributed by atoms with Gasteiger partial charge in [0.2, 0.25) is 0 Å². The second-order valence-electron chi connectivity index (χ2n) is 6.03. The minimum Gasteiger partial charge on any atom is -0.323 e. The Kier molecular flexibility index (Phi) is 4.02. The Hall–Kier alpha value is -1.26. The van der Waals surface area contributed by atoms with Crippen molar-refractivity contribution in [1.82, 2.24) is 9.59 Å². The summed E-state index contributed by atoms with van der Waals surface area (Å²) in [5.41, 5.74) is 9.88. The number of aromatic nitrogens is 2. The average Bonchev–Trinajstić information content (AvgIpc) is 2.81. The van der Waals surface area contributed by atoms with Crippen LogP contribution in [0.4, 0.5) is 0 Å². The average molecular weight is 275 g/mol. The standard InChI is InChI=1S/C15H21N3S/c1-10-5-7-11(8-6-10)9-12(16)13-14(15(2,3)4)17-18-19-13/h5-8,12H,9,16H2,1-4H3. The fraction of sp³-hybridized carbons (Fsp3) is 0.467. The Morgan fingerprint density at radius 3 is 2.42 bits per heavy atom. The van der Waals surface area contributed by atoms with Gasteiger partial charge < -0.3 is 5.73 Å². The molecule has 0 amide bonds. The van der Waals surface area contributed by atoms with Gasteiger partial charge in [0.05, 0.1) is 10.6 Å². The molecule has 19 heavy (non-hydrogen) atoms. The van der Waals surface area contributed by atoms with Crippen molar-refractivity contribution >= 4 is 11.5 Å². The van der Waals surface area contributed by atoms with Crippen molar-refractivity contribution in [2.45, 2.75) is 45.6 Å². The van der Waals surface area contributed by atoms with Crippen LogP contribution in [0.5, 0.6) is 0 Å². The Morgan fingerprint density at radius 2 is 1.84 bits per heavy atom. The third kappa shape index (κ3) is 3.39. The minimum atomic E-state index is -0.0306. The highest BCUT2D eigenvalue weighted by molar-refractivity contribution is 7.05. The molecule has 0 bridgehead atoms. The summed E-state index contributed by atoms with van der Waals surface area (Å²) in [4.78, 5) is 1.10. The molecule has 0 fully saturated rings. The quantitative estimate of drug-likeness (QED) is 0.934. The van der Waals surface area contributed by atoms with E-state index in [1.807, 2.05) is 0 Å². The summed E-state index contributed by atoms with van der Waals surface area (Å²) >= 11 is 1.42. The number of hydrogen-bond donors (Lipinski definition) is 1. The molecule has 102 valence electrons. The number of benzene rings is 1. The van der Waals surface area contributed by atoms with Crippen molar-refractivity contribution in [3.05, 3.63) is 46.0 Å². The highest BCUT2D eigenvalue weighted by atomic mass is 32.1. The smallest absolute Gasteiger partial charge is 0.0857 e. The Balaban J connectivity index is 2.19. The third-order valence-electron chi connectivity index (χ3n) is 3.14. The maximum absolute atomic E-state index is 6.34. The van der Waals surface area contributed by atoms with Crippen LogP contribution in [-0.2, 0) is 11.8 Å². The molecule has 1 atom stereocenters. The topological polar surface area (TPSA) is 51.8 Å². The first-order valence-electron chi connectivity index (χ1n) is 6.52. The van der Waals surface area contributed by atoms with E-state index in [9.17, 15) is 0 Å². The van der Waals surface area contributed by atoms with E-state index >= 15 is 0 Å². The Bertz CT molecular complexity index is 537. The Morgan fingerprint density at radius 1 is 1.21 bits per heavy atom. The molecule has 0 aliphatic heterocycles. The van der Waals surface area contributed by atoms with Crippen molar-refractivity contribution in [1.29, 1.82) is 0 Å². The van der Waals surface area contributed by atoms with Crippen LogP contribution >= 0.6 is 11.5 Å². The van der Waals surface area contributed by atoms with Crippen molar-refractivity contribution in [3.8, 4) is 0 Å². The van der Waals surface area contributed by atoms with Crippen LogP contribution in [0, 0.1) is 6.92 Å². The lowest BCUT2D eigenvalue weighted by Gasteiger charge is -2.19. The molecule has 2 aromatic rings. The normalized spacial score (nSPS) is 13.5. The number of nitrogens with two attached hydrogens (primary N) is 1. The lowest BCUT2D eigenvalue weighted by molar-refractivity contribution is 0.550. The summed E-state index contributed by atoms with van der Waals surface area (Å²) in [5, 5.41) is 4.25. The molecule has 0 saturated carbocycles. The van der Waals surface area contributed by atoms with Gasteiger partial charge in [-0.25, -0.2) is 0 Å². The van der Waals surface area contributed by atoms with Gasteiger partial charge in [-0.05, 0) is 30.4 Å². The fourth-order valence-corrected chi connectivity index (χ4v) is 2.89. The van der Waals surface area contributed by atoms with Crippen molar-refractivity contribution in [2.24, 2.45) is 5.73 Å². The first-order valence-corrected chi connectivity index (χ1v) is 7.29. The Labute approximate surface area is 119 Å². The molecule has 1 aromatic heterocycles. The molecule has 1 heterocycles. The van der Waals surface area contributed by atoms with Gasteiger partial charge in [0.25, 0.3) is 0 Å². The SMILES string of the molecule is Cc1ccc(CC(N)c2snnc2C(C)(C)C)cc1. The van der Waals surface area contributed by atoms with E-state index in [1.54, 1.807) is 0 Å². The second-order valence-corrected chi connectivity index (χ2v) is 6.82. The van der Waals surface area contributed by atoms with Crippen LogP contribution in [0.1, 0.15) is 48.5 Å². The van der Waals surface area contributed by atoms with Gasteiger partial charge in [0, 0.05) is 11.5 Å². The zero-order valence-electron chi connectivity index (χ0n) is 12.0. The molecular weight excluding hydrogens is 254 g/mol. The van der Waals surface area contributed by atoms with E-state index in [-0.39, 0.29) is 11.5 Å². The molecule has 3 nitrogen and oxygen atoms in total. The van der Waals surface area contributed by atoms with Gasteiger partial charge in [0.15, 0.2) is 0 Å². The molecule has 1 unspecified atom stereocenters. The summed E-state index contributed by atoms with van der Waals surface area (Å²) in [6.45, 7) is 8.53. The van der Waals surface area contributed by atoms with Gasteiger partial charge in [-0.1, -0.05) is 55.1 Å². The van der Waals surface area contributed by atoms with Gasteiger partial charge in [-0.2, -0.15) is 0 Å². The third-order valence-corrected chi connectivity index (χ3v) is 3.99. The predicted octanol–water partition coefficient (Wildman–Crippen LogP) is 3.39. The molecule has 2 rings (SSSR count). The van der Waals surface area contributed by atoms with Crippen LogP contribution in [0.2, 0.25) is 0 Å². The molecule has 0 aliphatic rings. The number of hydrogen-bond acceptors (Lipinski definition) is 4. The van der Waals surface area contributed by atoms with E-state index in [4.69, 9.17) is 5.73 Å². The van der Waals surface area contributed by atoms with Crippen molar-refractivity contribution < 1.29 is 0 Å². The summed E-state index contributed by atoms with van der Waals surface area (Å²) in [5.74, 6) is 0. The molecule has 2 N–H and O–H groups in total. The van der Waals surface area contributed by atoms with Crippen molar-refractivity contribution in [2.75, 3.05) is 0 Å². The summed E-state index contributed by atoms with van der Waals surface area (Å²) in [7, 11) is 0. The zero-order chi connectivity index (χ0) is 14.0. The predicted molar refractivity (Wildman–Crippen MR) is 80.4 cm³/mol. The maximum atomic E-state index is 6.34. The number of aryl methyl sites for hydroxylation is 1. The highest BCUT2D eigenvalue weighted by Gasteiger charge is 2.25. The minimum absolute atomic E-state index is 0.00672. The molecule has 0 saturated heterocycles. The summed E-state index contributed by atoms with van der Waals surface area (Å²) in [6, 6.07) is 8.49. The largest absolute Gasteiger partial charge is 0.323 e. The first-order chi connectivity index (χ1) is 8.88. The molecule has 4 heteroatoms. The zero-order valence-corrected chi connectivity index (χ0v) is 12.8. The number of nitrogens with zero attached hydrogens (tertiary/aromatic N) is 2. The first kappa shape index (κ1) is 14.2. The van der Waals surface area contributed by atoms with Gasteiger partial charge >= 0.3 is 0 Å². The van der Waals surface area contributed by atoms with E-state index in [0.29, 0.717) is 0 Å². The molecule has 1 aromatic carbocycles. The van der Waals surface area contributed by atoms with E-state index in [0.717, 1.165) is 17.0 Å². The summed E-state index contributed by atoms with van der Waals surface area (Å²) < 4.78 is 4.08. The van der Waals surface area contributed by atoms with Gasteiger partial charge in [-0.3, -0.25) is 0 Å². The van der Waals surface area contributed by atoms with Crippen LogP contribution < -0.4 is 5.73 Å². The van der Waals surface area contributed by atoms with E-state index in [1.165, 1.54) is 22.7 Å². The van der Waals surface area contributed by atoms with Crippen LogP contribution in [0.3, 0.4) is 0 Å². The van der Waals surface area contributed by atoms with Gasteiger partial charge in [0.1, 0.15) is 0 Å². The van der Waals surface area contributed by atoms with E-state index < -0.39 is 0 Å². The molecule has 0 spiro atoms. The fourth-order valence-electron chi connectivity index (χ4n) is 2.03.